The average Bonchev–Trinajstić information content (AvgIpc) is 2.56. The molecular formula is C16H19N3O4. The fourth-order valence-electron chi connectivity index (χ4n) is 2.08. The minimum Gasteiger partial charge on any atom is -0.497 e. The van der Waals surface area contributed by atoms with Gasteiger partial charge in [0, 0.05) is 18.2 Å². The van der Waals surface area contributed by atoms with Crippen molar-refractivity contribution < 1.29 is 14.3 Å². The van der Waals surface area contributed by atoms with Crippen LogP contribution in [0.1, 0.15) is 6.92 Å². The van der Waals surface area contributed by atoms with E-state index >= 15 is 0 Å². The molecular weight excluding hydrogens is 298 g/mol. The van der Waals surface area contributed by atoms with Crippen LogP contribution in [0.3, 0.4) is 0 Å². The molecule has 2 rings (SSSR count). The number of aromatic nitrogens is 2. The molecule has 0 saturated carbocycles. The van der Waals surface area contributed by atoms with E-state index in [4.69, 9.17) is 9.47 Å². The number of likely N-dealkylation sites (N-methyl/N-ethyl adjacent to an activating group) is 1. The highest BCUT2D eigenvalue weighted by atomic mass is 16.5. The van der Waals surface area contributed by atoms with Crippen LogP contribution in [0.5, 0.6) is 11.5 Å². The first-order valence-corrected chi connectivity index (χ1v) is 7.16. The summed E-state index contributed by atoms with van der Waals surface area (Å²) in [6.45, 7) is 2.17. The molecule has 7 heteroatoms. The molecule has 1 amide bonds. The first-order chi connectivity index (χ1) is 11.1. The molecule has 0 saturated heterocycles. The predicted octanol–water partition coefficient (Wildman–Crippen LogP) is 1.06. The lowest BCUT2D eigenvalue weighted by Gasteiger charge is -2.11. The molecule has 7 nitrogen and oxygen atoms in total. The van der Waals surface area contributed by atoms with Gasteiger partial charge in [-0.2, -0.15) is 5.10 Å². The van der Waals surface area contributed by atoms with E-state index in [1.807, 2.05) is 19.1 Å². The van der Waals surface area contributed by atoms with Crippen molar-refractivity contribution in [3.8, 4) is 22.8 Å². The number of hydrogen-bond acceptors (Lipinski definition) is 5. The van der Waals surface area contributed by atoms with Gasteiger partial charge in [-0.3, -0.25) is 9.59 Å². The number of nitrogens with zero attached hydrogens (tertiary/aromatic N) is 2. The Morgan fingerprint density at radius 3 is 2.48 bits per heavy atom. The topological polar surface area (TPSA) is 82.5 Å². The largest absolute Gasteiger partial charge is 0.497 e. The Morgan fingerprint density at radius 2 is 1.91 bits per heavy atom. The normalized spacial score (nSPS) is 10.2. The highest BCUT2D eigenvalue weighted by molar-refractivity contribution is 5.75. The second kappa shape index (κ2) is 7.44. The van der Waals surface area contributed by atoms with Crippen molar-refractivity contribution in [2.24, 2.45) is 0 Å². The van der Waals surface area contributed by atoms with Gasteiger partial charge in [0.1, 0.15) is 18.0 Å². The standard InChI is InChI=1S/C16H19N3O4/c1-4-17-14(20)10-19-15(21)9-13(23-3)16(18-19)11-5-7-12(22-2)8-6-11/h5-9H,4,10H2,1-3H3,(H,17,20). The Balaban J connectivity index is 2.44. The van der Waals surface area contributed by atoms with E-state index in [1.54, 1.807) is 19.2 Å². The summed E-state index contributed by atoms with van der Waals surface area (Å²) in [5, 5.41) is 6.91. The van der Waals surface area contributed by atoms with E-state index in [0.717, 1.165) is 10.2 Å². The maximum atomic E-state index is 12.0. The fourth-order valence-corrected chi connectivity index (χ4v) is 2.08. The Kier molecular flexibility index (Phi) is 5.35. The van der Waals surface area contributed by atoms with Gasteiger partial charge in [0.05, 0.1) is 14.2 Å². The third-order valence-electron chi connectivity index (χ3n) is 3.21. The van der Waals surface area contributed by atoms with Crippen molar-refractivity contribution >= 4 is 5.91 Å². The van der Waals surface area contributed by atoms with Gasteiger partial charge in [-0.25, -0.2) is 4.68 Å². The molecule has 1 N–H and O–H groups in total. The van der Waals surface area contributed by atoms with E-state index in [2.05, 4.69) is 10.4 Å². The Morgan fingerprint density at radius 1 is 1.22 bits per heavy atom. The van der Waals surface area contributed by atoms with Crippen LogP contribution in [0.2, 0.25) is 0 Å². The number of carbonyl (C=O) groups excluding carboxylic acids is 1. The lowest BCUT2D eigenvalue weighted by atomic mass is 10.1. The number of hydrogen-bond donors (Lipinski definition) is 1. The zero-order chi connectivity index (χ0) is 16.8. The van der Waals surface area contributed by atoms with Crippen LogP contribution in [0.15, 0.2) is 35.1 Å². The highest BCUT2D eigenvalue weighted by Crippen LogP contribution is 2.27. The minimum absolute atomic E-state index is 0.139. The van der Waals surface area contributed by atoms with Gasteiger partial charge in [-0.1, -0.05) is 0 Å². The van der Waals surface area contributed by atoms with E-state index in [1.165, 1.54) is 13.2 Å². The summed E-state index contributed by atoms with van der Waals surface area (Å²) in [5.41, 5.74) is 0.844. The van der Waals surface area contributed by atoms with Crippen LogP contribution in [0.4, 0.5) is 0 Å². The predicted molar refractivity (Wildman–Crippen MR) is 85.7 cm³/mol. The lowest BCUT2D eigenvalue weighted by molar-refractivity contribution is -0.121. The second-order valence-electron chi connectivity index (χ2n) is 4.74. The molecule has 1 aromatic heterocycles. The number of benzene rings is 1. The summed E-state index contributed by atoms with van der Waals surface area (Å²) >= 11 is 0. The fraction of sp³-hybridized carbons (Fsp3) is 0.312. The van der Waals surface area contributed by atoms with Crippen LogP contribution in [0.25, 0.3) is 11.3 Å². The Labute approximate surface area is 133 Å². The van der Waals surface area contributed by atoms with Crippen molar-refractivity contribution in [2.75, 3.05) is 20.8 Å². The van der Waals surface area contributed by atoms with Crippen molar-refractivity contribution in [3.05, 3.63) is 40.7 Å². The lowest BCUT2D eigenvalue weighted by Crippen LogP contribution is -2.33. The third kappa shape index (κ3) is 3.88. The van der Waals surface area contributed by atoms with E-state index < -0.39 is 5.56 Å². The molecule has 0 unspecified atom stereocenters. The first-order valence-electron chi connectivity index (χ1n) is 7.16. The second-order valence-corrected chi connectivity index (χ2v) is 4.74. The summed E-state index contributed by atoms with van der Waals surface area (Å²) in [4.78, 5) is 23.7. The van der Waals surface area contributed by atoms with E-state index in [9.17, 15) is 9.59 Å². The summed E-state index contributed by atoms with van der Waals surface area (Å²) in [6, 6.07) is 8.52. The number of rotatable bonds is 6. The van der Waals surface area contributed by atoms with Crippen molar-refractivity contribution in [1.82, 2.24) is 15.1 Å². The maximum absolute atomic E-state index is 12.0. The Bertz CT molecular complexity index is 738. The summed E-state index contributed by atoms with van der Waals surface area (Å²) < 4.78 is 11.5. The number of methoxy groups -OCH3 is 2. The molecule has 122 valence electrons. The van der Waals surface area contributed by atoms with Crippen LogP contribution >= 0.6 is 0 Å². The Hall–Kier alpha value is -2.83. The van der Waals surface area contributed by atoms with Gasteiger partial charge in [-0.15, -0.1) is 0 Å². The molecule has 0 aliphatic heterocycles. The van der Waals surface area contributed by atoms with Crippen LogP contribution in [-0.2, 0) is 11.3 Å². The number of nitrogens with one attached hydrogen (secondary N) is 1. The molecule has 0 fully saturated rings. The molecule has 0 bridgehead atoms. The molecule has 2 aromatic rings. The third-order valence-corrected chi connectivity index (χ3v) is 3.21. The highest BCUT2D eigenvalue weighted by Gasteiger charge is 2.13. The minimum atomic E-state index is -0.398. The molecule has 0 spiro atoms. The number of amides is 1. The van der Waals surface area contributed by atoms with E-state index in [-0.39, 0.29) is 12.5 Å². The van der Waals surface area contributed by atoms with Gasteiger partial charge < -0.3 is 14.8 Å². The maximum Gasteiger partial charge on any atom is 0.270 e. The summed E-state index contributed by atoms with van der Waals surface area (Å²) in [6.07, 6.45) is 0. The quantitative estimate of drug-likeness (QED) is 0.861. The van der Waals surface area contributed by atoms with Gasteiger partial charge in [-0.05, 0) is 31.2 Å². The zero-order valence-corrected chi connectivity index (χ0v) is 13.3. The van der Waals surface area contributed by atoms with Crippen LogP contribution in [0, 0.1) is 0 Å². The first kappa shape index (κ1) is 16.5. The molecule has 0 radical (unpaired) electrons. The molecule has 0 atom stereocenters. The SMILES string of the molecule is CCNC(=O)Cn1nc(-c2ccc(OC)cc2)c(OC)cc1=O. The molecule has 1 heterocycles. The number of carbonyl (C=O) groups is 1. The smallest absolute Gasteiger partial charge is 0.270 e. The monoisotopic (exact) mass is 317 g/mol. The van der Waals surface area contributed by atoms with Crippen LogP contribution in [-0.4, -0.2) is 36.5 Å². The van der Waals surface area contributed by atoms with E-state index in [0.29, 0.717) is 23.7 Å². The molecule has 0 aliphatic rings. The average molecular weight is 317 g/mol. The number of ether oxygens (including phenoxy) is 2. The molecule has 1 aromatic carbocycles. The van der Waals surface area contributed by atoms with Gasteiger partial charge in [0.25, 0.3) is 5.56 Å². The van der Waals surface area contributed by atoms with Crippen molar-refractivity contribution in [2.45, 2.75) is 13.5 Å². The summed E-state index contributed by atoms with van der Waals surface area (Å²) in [5.74, 6) is 0.795. The zero-order valence-electron chi connectivity index (χ0n) is 13.3. The molecule has 0 aliphatic carbocycles. The van der Waals surface area contributed by atoms with Gasteiger partial charge in [0.15, 0.2) is 5.75 Å². The molecule has 23 heavy (non-hydrogen) atoms. The van der Waals surface area contributed by atoms with Gasteiger partial charge in [0.2, 0.25) is 5.91 Å². The van der Waals surface area contributed by atoms with Crippen molar-refractivity contribution in [1.29, 1.82) is 0 Å². The summed E-state index contributed by atoms with van der Waals surface area (Å²) in [7, 11) is 3.05. The van der Waals surface area contributed by atoms with Crippen LogP contribution < -0.4 is 20.3 Å². The van der Waals surface area contributed by atoms with Gasteiger partial charge >= 0.3 is 0 Å². The van der Waals surface area contributed by atoms with Crippen molar-refractivity contribution in [3.63, 3.8) is 0 Å².